The fraction of sp³-hybridized carbons (Fsp3) is 0.282. The van der Waals surface area contributed by atoms with Crippen LogP contribution in [0.15, 0.2) is 97.6 Å². The molecule has 1 fully saturated rings. The summed E-state index contributed by atoms with van der Waals surface area (Å²) in [6, 6.07) is 22.0. The van der Waals surface area contributed by atoms with Crippen molar-refractivity contribution in [2.45, 2.75) is 51.6 Å². The van der Waals surface area contributed by atoms with Crippen molar-refractivity contribution in [2.24, 2.45) is 0 Å². The zero-order chi connectivity index (χ0) is 36.4. The van der Waals surface area contributed by atoms with Crippen LogP contribution in [0, 0.1) is 5.82 Å². The van der Waals surface area contributed by atoms with Crippen molar-refractivity contribution in [3.63, 3.8) is 0 Å². The molecule has 1 atom stereocenters. The van der Waals surface area contributed by atoms with Gasteiger partial charge in [-0.25, -0.2) is 23.6 Å². The summed E-state index contributed by atoms with van der Waals surface area (Å²) < 4.78 is 22.9. The zero-order valence-electron chi connectivity index (χ0n) is 29.5. The lowest BCUT2D eigenvalue weighted by atomic mass is 9.83. The molecule has 52 heavy (non-hydrogen) atoms. The van der Waals surface area contributed by atoms with Crippen molar-refractivity contribution in [3.05, 3.63) is 126 Å². The van der Waals surface area contributed by atoms with Crippen LogP contribution in [0.4, 0.5) is 21.7 Å². The number of pyridine rings is 1. The van der Waals surface area contributed by atoms with Crippen LogP contribution < -0.4 is 19.9 Å². The maximum atomic E-state index is 14.3. The summed E-state index contributed by atoms with van der Waals surface area (Å²) in [5.74, 6) is 0.484. The minimum atomic E-state index is -0.440. The number of carbonyl (C=O) groups excluding carboxylic acids is 2. The highest BCUT2D eigenvalue weighted by Gasteiger charge is 2.31. The van der Waals surface area contributed by atoms with Gasteiger partial charge in [0.05, 0.1) is 38.3 Å². The highest BCUT2D eigenvalue weighted by molar-refractivity contribution is 6.08. The molecule has 266 valence electrons. The lowest BCUT2D eigenvalue weighted by Crippen LogP contribution is -2.36. The lowest BCUT2D eigenvalue weighted by molar-refractivity contribution is 0.0981. The predicted molar refractivity (Wildman–Crippen MR) is 196 cm³/mol. The van der Waals surface area contributed by atoms with E-state index in [0.717, 1.165) is 30.3 Å². The summed E-state index contributed by atoms with van der Waals surface area (Å²) >= 11 is 0. The molecule has 1 aliphatic heterocycles. The zero-order valence-corrected chi connectivity index (χ0v) is 29.5. The van der Waals surface area contributed by atoms with Gasteiger partial charge in [-0.3, -0.25) is 9.59 Å². The second kappa shape index (κ2) is 14.3. The molecule has 5 heterocycles. The summed E-state index contributed by atoms with van der Waals surface area (Å²) in [6.45, 7) is 7.58. The molecule has 1 aliphatic rings. The Bertz CT molecular complexity index is 2230. The number of nitrogens with zero attached hydrogens (tertiary/aromatic N) is 8. The minimum Gasteiger partial charge on any atom is -0.481 e. The second-order valence-electron chi connectivity index (χ2n) is 13.7. The van der Waals surface area contributed by atoms with Gasteiger partial charge in [0, 0.05) is 42.2 Å². The molecule has 0 unspecified atom stereocenters. The molecule has 6 aromatic rings. The summed E-state index contributed by atoms with van der Waals surface area (Å²) in [7, 11) is 1.52. The molecule has 2 amide bonds. The molecular formula is C39H40FN9O3. The first-order valence-corrected chi connectivity index (χ1v) is 17.2. The Morgan fingerprint density at radius 1 is 1.00 bits per heavy atom. The minimum absolute atomic E-state index is 0.116. The Morgan fingerprint density at radius 3 is 2.58 bits per heavy atom. The van der Waals surface area contributed by atoms with Crippen LogP contribution in [0.3, 0.4) is 0 Å². The van der Waals surface area contributed by atoms with Crippen molar-refractivity contribution >= 4 is 34.8 Å². The predicted octanol–water partition coefficient (Wildman–Crippen LogP) is 6.71. The van der Waals surface area contributed by atoms with E-state index in [4.69, 9.17) is 9.72 Å². The van der Waals surface area contributed by atoms with Gasteiger partial charge in [0.2, 0.25) is 5.88 Å². The fourth-order valence-corrected chi connectivity index (χ4v) is 6.82. The van der Waals surface area contributed by atoms with Crippen LogP contribution in [-0.2, 0) is 12.0 Å². The van der Waals surface area contributed by atoms with Crippen molar-refractivity contribution < 1.29 is 18.7 Å². The van der Waals surface area contributed by atoms with Crippen LogP contribution >= 0.6 is 0 Å². The number of benzene rings is 2. The van der Waals surface area contributed by atoms with Crippen LogP contribution in [-0.4, -0.2) is 61.4 Å². The summed E-state index contributed by atoms with van der Waals surface area (Å²) in [5, 5.41) is 11.8. The molecule has 0 bridgehead atoms. The molecule has 7 rings (SSSR count). The van der Waals surface area contributed by atoms with E-state index < -0.39 is 11.7 Å². The van der Waals surface area contributed by atoms with E-state index in [-0.39, 0.29) is 22.9 Å². The fourth-order valence-electron chi connectivity index (χ4n) is 6.82. The van der Waals surface area contributed by atoms with Crippen LogP contribution in [0.25, 0.3) is 5.65 Å². The van der Waals surface area contributed by atoms with E-state index >= 15 is 0 Å². The molecule has 1 saturated heterocycles. The molecule has 0 aliphatic carbocycles. The maximum Gasteiger partial charge on any atom is 0.262 e. The standard InChI is InChI=1S/C39H40FN9O3/c1-39(2,3)31-14-9-8-13-28(31)38(51)46(27-11-6-5-7-12-27)21-22-48-34(16-18-42-48)45-36(50)30-25-43-49-20-17-33(44-35(30)49)47-19-10-15-32(47)29-23-26(40)24-41-37(29)52-4/h5-9,11-14,16-18,20,23-25,32H,10,15,19,21-22H2,1-4H3,(H,45,50)/t32-/m1/s1. The molecule has 12 nitrogen and oxygen atoms in total. The molecule has 4 aromatic heterocycles. The topological polar surface area (TPSA) is 123 Å². The van der Waals surface area contributed by atoms with Crippen LogP contribution in [0.2, 0.25) is 0 Å². The second-order valence-corrected chi connectivity index (χ2v) is 13.7. The van der Waals surface area contributed by atoms with Crippen molar-refractivity contribution in [3.8, 4) is 5.88 Å². The lowest BCUT2D eigenvalue weighted by Gasteiger charge is -2.28. The highest BCUT2D eigenvalue weighted by atomic mass is 19.1. The van der Waals surface area contributed by atoms with E-state index in [1.807, 2.05) is 60.7 Å². The summed E-state index contributed by atoms with van der Waals surface area (Å²) in [6.07, 6.45) is 7.61. The van der Waals surface area contributed by atoms with Crippen molar-refractivity contribution in [2.75, 3.05) is 35.3 Å². The van der Waals surface area contributed by atoms with E-state index in [0.29, 0.717) is 53.9 Å². The van der Waals surface area contributed by atoms with Gasteiger partial charge in [0.15, 0.2) is 5.65 Å². The van der Waals surface area contributed by atoms with E-state index in [2.05, 4.69) is 46.2 Å². The van der Waals surface area contributed by atoms with Gasteiger partial charge < -0.3 is 19.9 Å². The number of amides is 2. The number of carbonyl (C=O) groups is 2. The number of hydrogen-bond acceptors (Lipinski definition) is 8. The van der Waals surface area contributed by atoms with E-state index in [1.165, 1.54) is 19.4 Å². The Balaban J connectivity index is 1.11. The number of nitrogens with one attached hydrogen (secondary N) is 1. The maximum absolute atomic E-state index is 14.3. The van der Waals surface area contributed by atoms with Crippen LogP contribution in [0.1, 0.15) is 71.5 Å². The third-order valence-corrected chi connectivity index (χ3v) is 9.32. The highest BCUT2D eigenvalue weighted by Crippen LogP contribution is 2.39. The summed E-state index contributed by atoms with van der Waals surface area (Å²) in [4.78, 5) is 40.7. The van der Waals surface area contributed by atoms with Gasteiger partial charge in [0.25, 0.3) is 11.8 Å². The number of hydrogen-bond donors (Lipinski definition) is 1. The normalized spacial score (nSPS) is 14.5. The molecule has 0 saturated carbocycles. The van der Waals surface area contributed by atoms with Gasteiger partial charge >= 0.3 is 0 Å². The first-order valence-electron chi connectivity index (χ1n) is 17.2. The number of ether oxygens (including phenoxy) is 1. The SMILES string of the molecule is COc1ncc(F)cc1[C@H]1CCCN1c1ccn2ncc(C(=O)Nc3ccnn3CCN(C(=O)c3ccccc3C(C)(C)C)c3ccccc3)c2n1. The van der Waals surface area contributed by atoms with Gasteiger partial charge in [-0.05, 0) is 54.2 Å². The Morgan fingerprint density at radius 2 is 1.79 bits per heavy atom. The molecule has 0 radical (unpaired) electrons. The number of rotatable bonds is 10. The van der Waals surface area contributed by atoms with Gasteiger partial charge in [-0.2, -0.15) is 10.2 Å². The number of methoxy groups -OCH3 is 1. The first-order chi connectivity index (χ1) is 25.1. The van der Waals surface area contributed by atoms with Crippen LogP contribution in [0.5, 0.6) is 5.88 Å². The smallest absolute Gasteiger partial charge is 0.262 e. The number of fused-ring (bicyclic) bond motifs is 1. The molecular weight excluding hydrogens is 661 g/mol. The Hall–Kier alpha value is -6.11. The largest absolute Gasteiger partial charge is 0.481 e. The van der Waals surface area contributed by atoms with E-state index in [9.17, 15) is 14.0 Å². The van der Waals surface area contributed by atoms with Crippen molar-refractivity contribution in [1.82, 2.24) is 29.4 Å². The average molecular weight is 702 g/mol. The van der Waals surface area contributed by atoms with Gasteiger partial charge in [-0.1, -0.05) is 57.2 Å². The molecule has 13 heteroatoms. The Labute approximate surface area is 300 Å². The third kappa shape index (κ3) is 6.81. The van der Waals surface area contributed by atoms with E-state index in [1.54, 1.807) is 32.6 Å². The number of para-hydroxylation sites is 1. The van der Waals surface area contributed by atoms with Crippen molar-refractivity contribution in [1.29, 1.82) is 0 Å². The number of aromatic nitrogens is 6. The first kappa shape index (κ1) is 34.3. The van der Waals surface area contributed by atoms with Gasteiger partial charge in [0.1, 0.15) is 23.0 Å². The molecule has 1 N–H and O–H groups in total. The molecule has 2 aromatic carbocycles. The molecule has 0 spiro atoms. The number of halogens is 1. The summed E-state index contributed by atoms with van der Waals surface area (Å²) in [5.41, 5.74) is 3.42. The number of anilines is 3. The quantitative estimate of drug-likeness (QED) is 0.167. The Kier molecular flexibility index (Phi) is 9.41. The monoisotopic (exact) mass is 701 g/mol. The third-order valence-electron chi connectivity index (χ3n) is 9.32. The van der Waals surface area contributed by atoms with Gasteiger partial charge in [-0.15, -0.1) is 0 Å². The average Bonchev–Trinajstić information content (AvgIpc) is 3.92.